The van der Waals surface area contributed by atoms with Crippen molar-refractivity contribution in [3.63, 3.8) is 0 Å². The predicted octanol–water partition coefficient (Wildman–Crippen LogP) is -2.52. The van der Waals surface area contributed by atoms with E-state index in [1.54, 1.807) is 0 Å². The third-order valence-electron chi connectivity index (χ3n) is 1.16. The van der Waals surface area contributed by atoms with E-state index in [1.807, 2.05) is 0 Å². The van der Waals surface area contributed by atoms with Crippen molar-refractivity contribution in [2.75, 3.05) is 13.2 Å². The molecule has 0 aromatic rings. The Bertz CT molecular complexity index is 80.9. The van der Waals surface area contributed by atoms with Crippen molar-refractivity contribution in [3.05, 3.63) is 0 Å². The van der Waals surface area contributed by atoms with Crippen molar-refractivity contribution in [2.24, 2.45) is 0 Å². The van der Waals surface area contributed by atoms with E-state index in [9.17, 15) is 0 Å². The van der Waals surface area contributed by atoms with Crippen molar-refractivity contribution < 1.29 is 25.5 Å². The van der Waals surface area contributed by atoms with Gasteiger partial charge in [-0.15, -0.1) is 12.4 Å². The average molecular weight is 189 g/mol. The molecule has 0 unspecified atom stereocenters. The summed E-state index contributed by atoms with van der Waals surface area (Å²) < 4.78 is 0. The third kappa shape index (κ3) is 4.52. The molecule has 0 rings (SSSR count). The van der Waals surface area contributed by atoms with Gasteiger partial charge in [0.2, 0.25) is 0 Å². The quantitative estimate of drug-likeness (QED) is 0.335. The van der Waals surface area contributed by atoms with Crippen molar-refractivity contribution in [1.82, 2.24) is 0 Å². The third-order valence-corrected chi connectivity index (χ3v) is 1.16. The van der Waals surface area contributed by atoms with E-state index in [-0.39, 0.29) is 12.4 Å². The SMILES string of the molecule is Cl.OC[C@@H](O)[C@@H](O)[C@@H](O)CO. The van der Waals surface area contributed by atoms with Gasteiger partial charge in [-0.1, -0.05) is 0 Å². The van der Waals surface area contributed by atoms with Crippen molar-refractivity contribution in [3.8, 4) is 0 Å². The van der Waals surface area contributed by atoms with Crippen LogP contribution in [0.2, 0.25) is 0 Å². The van der Waals surface area contributed by atoms with E-state index in [0.29, 0.717) is 0 Å². The molecule has 0 saturated carbocycles. The molecule has 3 atom stereocenters. The molecule has 0 aromatic carbocycles. The molecule has 0 bridgehead atoms. The number of rotatable bonds is 4. The maximum Gasteiger partial charge on any atom is 0.110 e. The van der Waals surface area contributed by atoms with Gasteiger partial charge in [-0.25, -0.2) is 0 Å². The van der Waals surface area contributed by atoms with Crippen LogP contribution in [0.3, 0.4) is 0 Å². The monoisotopic (exact) mass is 188 g/mol. The minimum atomic E-state index is -1.49. The molecule has 0 radical (unpaired) electrons. The average Bonchev–Trinajstić information content (AvgIpc) is 2.00. The summed E-state index contributed by atoms with van der Waals surface area (Å²) in [5, 5.41) is 42.6. The summed E-state index contributed by atoms with van der Waals surface area (Å²) in [6.45, 7) is -1.28. The standard InChI is InChI=1S/C5H12O5.ClH/c6-1-3(8)5(10)4(9)2-7;/h3-10H,1-2H2;1H/t3-,4+,5-;. The van der Waals surface area contributed by atoms with E-state index in [2.05, 4.69) is 0 Å². The summed E-state index contributed by atoms with van der Waals surface area (Å²) in [7, 11) is 0. The highest BCUT2D eigenvalue weighted by Gasteiger charge is 2.22. The number of hydrogen-bond donors (Lipinski definition) is 5. The summed E-state index contributed by atoms with van der Waals surface area (Å²) in [5.41, 5.74) is 0. The van der Waals surface area contributed by atoms with Gasteiger partial charge in [0, 0.05) is 0 Å². The minimum absolute atomic E-state index is 0. The maximum atomic E-state index is 8.77. The molecular weight excluding hydrogens is 176 g/mol. The predicted molar refractivity (Wildman–Crippen MR) is 39.4 cm³/mol. The lowest BCUT2D eigenvalue weighted by Crippen LogP contribution is -2.41. The Kier molecular flexibility index (Phi) is 8.42. The van der Waals surface area contributed by atoms with Gasteiger partial charge in [0.1, 0.15) is 18.3 Å². The molecule has 6 heteroatoms. The first-order valence-corrected chi connectivity index (χ1v) is 2.89. The van der Waals surface area contributed by atoms with Crippen LogP contribution in [0, 0.1) is 0 Å². The molecule has 0 aliphatic rings. The summed E-state index contributed by atoms with van der Waals surface area (Å²) in [4.78, 5) is 0. The molecule has 0 fully saturated rings. The summed E-state index contributed by atoms with van der Waals surface area (Å²) in [6.07, 6.45) is -4.29. The zero-order valence-corrected chi connectivity index (χ0v) is 6.61. The van der Waals surface area contributed by atoms with E-state index in [4.69, 9.17) is 25.5 Å². The number of aliphatic hydroxyl groups excluding tert-OH is 5. The molecule has 70 valence electrons. The lowest BCUT2D eigenvalue weighted by Gasteiger charge is -2.19. The van der Waals surface area contributed by atoms with Gasteiger partial charge in [0.25, 0.3) is 0 Å². The number of hydrogen-bond acceptors (Lipinski definition) is 5. The van der Waals surface area contributed by atoms with Crippen molar-refractivity contribution >= 4 is 12.4 Å². The van der Waals surface area contributed by atoms with Crippen LogP contribution in [0.5, 0.6) is 0 Å². The lowest BCUT2D eigenvalue weighted by molar-refractivity contribution is -0.0900. The highest BCUT2D eigenvalue weighted by atomic mass is 35.5. The fourth-order valence-electron chi connectivity index (χ4n) is 0.472. The molecule has 0 aromatic heterocycles. The van der Waals surface area contributed by atoms with E-state index >= 15 is 0 Å². The second kappa shape index (κ2) is 6.78. The second-order valence-corrected chi connectivity index (χ2v) is 1.99. The summed E-state index contributed by atoms with van der Waals surface area (Å²) in [5.74, 6) is 0. The first kappa shape index (κ1) is 13.7. The fourth-order valence-corrected chi connectivity index (χ4v) is 0.472. The maximum absolute atomic E-state index is 8.77. The molecule has 0 aliphatic heterocycles. The van der Waals surface area contributed by atoms with Crippen LogP contribution in [0.4, 0.5) is 0 Å². The molecule has 5 N–H and O–H groups in total. The van der Waals surface area contributed by atoms with Gasteiger partial charge in [0.05, 0.1) is 13.2 Å². The summed E-state index contributed by atoms with van der Waals surface area (Å²) in [6, 6.07) is 0. The Hall–Kier alpha value is 0.0900. The van der Waals surface area contributed by atoms with Crippen LogP contribution in [0.25, 0.3) is 0 Å². The molecule has 0 heterocycles. The molecule has 5 nitrogen and oxygen atoms in total. The van der Waals surface area contributed by atoms with Crippen LogP contribution >= 0.6 is 12.4 Å². The van der Waals surface area contributed by atoms with Crippen LogP contribution in [-0.2, 0) is 0 Å². The molecule has 0 amide bonds. The molecule has 0 spiro atoms. The Morgan fingerprint density at radius 3 is 1.27 bits per heavy atom. The zero-order chi connectivity index (χ0) is 8.15. The van der Waals surface area contributed by atoms with Gasteiger partial charge in [0.15, 0.2) is 0 Å². The van der Waals surface area contributed by atoms with Gasteiger partial charge in [-0.3, -0.25) is 0 Å². The molecule has 11 heavy (non-hydrogen) atoms. The number of aliphatic hydroxyl groups is 5. The first-order valence-electron chi connectivity index (χ1n) is 2.89. The van der Waals surface area contributed by atoms with Crippen LogP contribution in [-0.4, -0.2) is 57.1 Å². The van der Waals surface area contributed by atoms with Crippen LogP contribution < -0.4 is 0 Å². The molecule has 0 aliphatic carbocycles. The normalized spacial score (nSPS) is 18.3. The second-order valence-electron chi connectivity index (χ2n) is 1.99. The number of halogens is 1. The van der Waals surface area contributed by atoms with Gasteiger partial charge < -0.3 is 25.5 Å². The Morgan fingerprint density at radius 2 is 1.09 bits per heavy atom. The zero-order valence-electron chi connectivity index (χ0n) is 5.79. The Labute approximate surface area is 70.3 Å². The van der Waals surface area contributed by atoms with Crippen LogP contribution in [0.1, 0.15) is 0 Å². The van der Waals surface area contributed by atoms with Gasteiger partial charge in [-0.2, -0.15) is 0 Å². The van der Waals surface area contributed by atoms with E-state index in [1.165, 1.54) is 0 Å². The van der Waals surface area contributed by atoms with Gasteiger partial charge >= 0.3 is 0 Å². The van der Waals surface area contributed by atoms with E-state index < -0.39 is 31.5 Å². The lowest BCUT2D eigenvalue weighted by atomic mass is 10.1. The van der Waals surface area contributed by atoms with Crippen LogP contribution in [0.15, 0.2) is 0 Å². The highest BCUT2D eigenvalue weighted by molar-refractivity contribution is 5.85. The Morgan fingerprint density at radius 1 is 0.818 bits per heavy atom. The largest absolute Gasteiger partial charge is 0.394 e. The first-order chi connectivity index (χ1) is 4.63. The van der Waals surface area contributed by atoms with E-state index in [0.717, 1.165) is 0 Å². The molecular formula is C5H13ClO5. The Balaban J connectivity index is 0. The smallest absolute Gasteiger partial charge is 0.110 e. The molecule has 0 saturated heterocycles. The highest BCUT2D eigenvalue weighted by Crippen LogP contribution is 1.97. The minimum Gasteiger partial charge on any atom is -0.394 e. The van der Waals surface area contributed by atoms with Gasteiger partial charge in [-0.05, 0) is 0 Å². The topological polar surface area (TPSA) is 101 Å². The van der Waals surface area contributed by atoms with Crippen molar-refractivity contribution in [2.45, 2.75) is 18.3 Å². The van der Waals surface area contributed by atoms with Crippen molar-refractivity contribution in [1.29, 1.82) is 0 Å². The fraction of sp³-hybridized carbons (Fsp3) is 1.00. The summed E-state index contributed by atoms with van der Waals surface area (Å²) >= 11 is 0.